The minimum absolute atomic E-state index is 0.0500. The third-order valence-electron chi connectivity index (χ3n) is 2.85. The number of benzene rings is 1. The zero-order valence-electron chi connectivity index (χ0n) is 10.5. The molecular formula is C13H22N2O3. The Bertz CT molecular complexity index is 341. The van der Waals surface area contributed by atoms with Crippen LogP contribution in [0.5, 0.6) is 0 Å². The average Bonchev–Trinajstić information content (AvgIpc) is 2.36. The minimum atomic E-state index is -0.576. The number of nitrogen functional groups attached to an aromatic ring is 1. The van der Waals surface area contributed by atoms with E-state index in [1.54, 1.807) is 12.1 Å². The van der Waals surface area contributed by atoms with Gasteiger partial charge in [-0.1, -0.05) is 12.1 Å². The summed E-state index contributed by atoms with van der Waals surface area (Å²) in [5.41, 5.74) is 7.09. The van der Waals surface area contributed by atoms with Gasteiger partial charge < -0.3 is 21.1 Å². The van der Waals surface area contributed by atoms with E-state index in [4.69, 9.17) is 15.9 Å². The van der Waals surface area contributed by atoms with Crippen LogP contribution in [0, 0.1) is 0 Å². The van der Waals surface area contributed by atoms with Gasteiger partial charge in [-0.25, -0.2) is 0 Å². The molecule has 0 bridgehead atoms. The Balaban J connectivity index is 2.46. The van der Waals surface area contributed by atoms with Crippen molar-refractivity contribution >= 4 is 5.69 Å². The molecule has 0 aliphatic rings. The van der Waals surface area contributed by atoms with Gasteiger partial charge in [0, 0.05) is 25.3 Å². The van der Waals surface area contributed by atoms with E-state index in [0.717, 1.165) is 5.56 Å². The van der Waals surface area contributed by atoms with E-state index in [2.05, 4.69) is 0 Å². The molecule has 5 heteroatoms. The van der Waals surface area contributed by atoms with Crippen LogP contribution < -0.4 is 5.73 Å². The lowest BCUT2D eigenvalue weighted by atomic mass is 10.1. The fourth-order valence-electron chi connectivity index (χ4n) is 1.86. The maximum atomic E-state index is 10.0. The molecule has 18 heavy (non-hydrogen) atoms. The number of rotatable bonds is 8. The fraction of sp³-hybridized carbons (Fsp3) is 0.538. The Labute approximate surface area is 107 Å². The second kappa shape index (κ2) is 8.05. The Morgan fingerprint density at radius 1 is 1.11 bits per heavy atom. The highest BCUT2D eigenvalue weighted by atomic mass is 16.3. The first-order valence-corrected chi connectivity index (χ1v) is 6.15. The summed E-state index contributed by atoms with van der Waals surface area (Å²) < 4.78 is 0. The van der Waals surface area contributed by atoms with Crippen LogP contribution in [0.2, 0.25) is 0 Å². The molecule has 0 aromatic heterocycles. The molecule has 5 nitrogen and oxygen atoms in total. The van der Waals surface area contributed by atoms with Gasteiger partial charge in [0.2, 0.25) is 0 Å². The molecule has 5 N–H and O–H groups in total. The number of aliphatic hydroxyl groups excluding tert-OH is 3. The summed E-state index contributed by atoms with van der Waals surface area (Å²) in [6.45, 7) is 1.73. The summed E-state index contributed by atoms with van der Waals surface area (Å²) in [6.07, 6.45) is -0.0305. The van der Waals surface area contributed by atoms with Crippen LogP contribution >= 0.6 is 0 Å². The number of nitrogens with zero attached hydrogens (tertiary/aromatic N) is 1. The van der Waals surface area contributed by atoms with Gasteiger partial charge in [-0.2, -0.15) is 0 Å². The first-order valence-electron chi connectivity index (χ1n) is 6.15. The van der Waals surface area contributed by atoms with Gasteiger partial charge in [0.15, 0.2) is 0 Å². The van der Waals surface area contributed by atoms with E-state index < -0.39 is 6.10 Å². The number of nitrogens with two attached hydrogens (primary N) is 1. The van der Waals surface area contributed by atoms with Gasteiger partial charge in [-0.3, -0.25) is 4.90 Å². The summed E-state index contributed by atoms with van der Waals surface area (Å²) in [4.78, 5) is 1.91. The average molecular weight is 254 g/mol. The SMILES string of the molecule is Nc1cccc(C(O)CCN(CCO)CCO)c1. The third kappa shape index (κ3) is 5.01. The molecule has 1 unspecified atom stereocenters. The molecule has 0 aliphatic carbocycles. The number of aliphatic hydroxyl groups is 3. The highest BCUT2D eigenvalue weighted by Gasteiger charge is 2.10. The molecule has 0 spiro atoms. The monoisotopic (exact) mass is 254 g/mol. The van der Waals surface area contributed by atoms with Gasteiger partial charge in [-0.15, -0.1) is 0 Å². The third-order valence-corrected chi connectivity index (χ3v) is 2.85. The van der Waals surface area contributed by atoms with Gasteiger partial charge >= 0.3 is 0 Å². The van der Waals surface area contributed by atoms with Crippen LogP contribution in [-0.2, 0) is 0 Å². The van der Waals surface area contributed by atoms with E-state index in [1.165, 1.54) is 0 Å². The highest BCUT2D eigenvalue weighted by molar-refractivity contribution is 5.41. The lowest BCUT2D eigenvalue weighted by Gasteiger charge is -2.21. The van der Waals surface area contributed by atoms with E-state index in [9.17, 15) is 5.11 Å². The molecule has 0 fully saturated rings. The van der Waals surface area contributed by atoms with Gasteiger partial charge in [0.25, 0.3) is 0 Å². The van der Waals surface area contributed by atoms with Crippen LogP contribution in [0.15, 0.2) is 24.3 Å². The van der Waals surface area contributed by atoms with Crippen molar-refractivity contribution in [3.05, 3.63) is 29.8 Å². The van der Waals surface area contributed by atoms with Crippen LogP contribution in [0.4, 0.5) is 5.69 Å². The topological polar surface area (TPSA) is 90.0 Å². The zero-order valence-corrected chi connectivity index (χ0v) is 10.5. The van der Waals surface area contributed by atoms with Crippen molar-refractivity contribution in [3.63, 3.8) is 0 Å². The quantitative estimate of drug-likeness (QED) is 0.490. The highest BCUT2D eigenvalue weighted by Crippen LogP contribution is 2.19. The molecule has 0 aliphatic heterocycles. The van der Waals surface area contributed by atoms with Crippen molar-refractivity contribution in [2.24, 2.45) is 0 Å². The summed E-state index contributed by atoms with van der Waals surface area (Å²) in [5, 5.41) is 27.8. The van der Waals surface area contributed by atoms with E-state index in [-0.39, 0.29) is 13.2 Å². The number of anilines is 1. The van der Waals surface area contributed by atoms with Gasteiger partial charge in [-0.05, 0) is 24.1 Å². The predicted molar refractivity (Wildman–Crippen MR) is 71.0 cm³/mol. The lowest BCUT2D eigenvalue weighted by molar-refractivity contribution is 0.118. The van der Waals surface area contributed by atoms with E-state index in [1.807, 2.05) is 17.0 Å². The largest absolute Gasteiger partial charge is 0.399 e. The predicted octanol–water partition coefficient (Wildman–Crippen LogP) is -0.0211. The van der Waals surface area contributed by atoms with Crippen molar-refractivity contribution in [2.75, 3.05) is 38.6 Å². The second-order valence-electron chi connectivity index (χ2n) is 4.26. The number of hydrogen-bond acceptors (Lipinski definition) is 5. The maximum Gasteiger partial charge on any atom is 0.0803 e. The van der Waals surface area contributed by atoms with Gasteiger partial charge in [0.05, 0.1) is 19.3 Å². The first kappa shape index (κ1) is 14.9. The smallest absolute Gasteiger partial charge is 0.0803 e. The molecule has 0 saturated carbocycles. The van der Waals surface area contributed by atoms with E-state index >= 15 is 0 Å². The summed E-state index contributed by atoms with van der Waals surface area (Å²) in [6, 6.07) is 7.18. The van der Waals surface area contributed by atoms with Crippen LogP contribution in [0.25, 0.3) is 0 Å². The van der Waals surface area contributed by atoms with Crippen molar-refractivity contribution in [2.45, 2.75) is 12.5 Å². The standard InChI is InChI=1S/C13H22N2O3/c14-12-3-1-2-11(10-12)13(18)4-5-15(6-8-16)7-9-17/h1-3,10,13,16-18H,4-9,14H2. The lowest BCUT2D eigenvalue weighted by Crippen LogP contribution is -2.31. The molecule has 1 aromatic rings. The molecular weight excluding hydrogens is 232 g/mol. The Hall–Kier alpha value is -1.14. The summed E-state index contributed by atoms with van der Waals surface area (Å²) in [5.74, 6) is 0. The summed E-state index contributed by atoms with van der Waals surface area (Å²) >= 11 is 0. The molecule has 0 amide bonds. The van der Waals surface area contributed by atoms with Gasteiger partial charge in [0.1, 0.15) is 0 Å². The minimum Gasteiger partial charge on any atom is -0.399 e. The summed E-state index contributed by atoms with van der Waals surface area (Å²) in [7, 11) is 0. The fourth-order valence-corrected chi connectivity index (χ4v) is 1.86. The van der Waals surface area contributed by atoms with Crippen LogP contribution in [0.3, 0.4) is 0 Å². The molecule has 0 radical (unpaired) electrons. The van der Waals surface area contributed by atoms with Crippen molar-refractivity contribution < 1.29 is 15.3 Å². The normalized spacial score (nSPS) is 12.9. The molecule has 0 saturated heterocycles. The Morgan fingerprint density at radius 2 is 1.78 bits per heavy atom. The van der Waals surface area contributed by atoms with Crippen molar-refractivity contribution in [1.82, 2.24) is 4.90 Å². The molecule has 102 valence electrons. The zero-order chi connectivity index (χ0) is 13.4. The molecule has 1 atom stereocenters. The number of hydrogen-bond donors (Lipinski definition) is 4. The van der Waals surface area contributed by atoms with Crippen LogP contribution in [0.1, 0.15) is 18.1 Å². The molecule has 0 heterocycles. The molecule has 1 aromatic carbocycles. The van der Waals surface area contributed by atoms with Crippen molar-refractivity contribution in [1.29, 1.82) is 0 Å². The van der Waals surface area contributed by atoms with Crippen molar-refractivity contribution in [3.8, 4) is 0 Å². The second-order valence-corrected chi connectivity index (χ2v) is 4.26. The van der Waals surface area contributed by atoms with Crippen LogP contribution in [-0.4, -0.2) is 53.1 Å². The van der Waals surface area contributed by atoms with E-state index in [0.29, 0.717) is 31.7 Å². The Kier molecular flexibility index (Phi) is 6.67. The Morgan fingerprint density at radius 3 is 2.33 bits per heavy atom. The molecule has 1 rings (SSSR count). The maximum absolute atomic E-state index is 10.0. The first-order chi connectivity index (χ1) is 8.67.